The van der Waals surface area contributed by atoms with Crippen LogP contribution < -0.4 is 56.5 Å². The van der Waals surface area contributed by atoms with Crippen molar-refractivity contribution >= 4 is 35.7 Å². The molecule has 1 saturated heterocycles. The van der Waals surface area contributed by atoms with Crippen LogP contribution in [-0.4, -0.2) is 35.4 Å². The fourth-order valence-electron chi connectivity index (χ4n) is 3.90. The maximum Gasteiger partial charge on any atom is 1.00 e. The van der Waals surface area contributed by atoms with Gasteiger partial charge in [-0.3, -0.25) is 9.05 Å². The van der Waals surface area contributed by atoms with Crippen LogP contribution in [0.1, 0.15) is 18.2 Å². The minimum atomic E-state index is -4.25. The second-order valence-corrected chi connectivity index (χ2v) is 8.47. The van der Waals surface area contributed by atoms with Gasteiger partial charge in [0.25, 0.3) is 0 Å². The van der Waals surface area contributed by atoms with Gasteiger partial charge in [-0.25, -0.2) is 4.57 Å². The molecular weight excluding hydrogens is 446 g/mol. The summed E-state index contributed by atoms with van der Waals surface area (Å²) in [6.07, 6.45) is 1.10. The number of hydrogen-bond donors (Lipinski definition) is 1. The molecule has 0 aliphatic carbocycles. The minimum Gasteiger partial charge on any atom is -0.853 e. The van der Waals surface area contributed by atoms with Crippen molar-refractivity contribution in [3.8, 4) is 6.07 Å². The van der Waals surface area contributed by atoms with E-state index in [4.69, 9.17) is 14.5 Å². The van der Waals surface area contributed by atoms with Crippen LogP contribution in [0.25, 0.3) is 27.9 Å². The van der Waals surface area contributed by atoms with Gasteiger partial charge in [-0.05, 0) is 29.8 Å². The molecular formula is C21H20KN2O6P. The van der Waals surface area contributed by atoms with Crippen molar-refractivity contribution in [1.82, 2.24) is 4.57 Å². The molecule has 3 aromatic rings. The van der Waals surface area contributed by atoms with E-state index in [1.54, 1.807) is 6.08 Å². The maximum absolute atomic E-state index is 11.9. The molecule has 1 aromatic heterocycles. The molecule has 156 valence electrons. The topological polar surface area (TPSA) is 117 Å². The number of ether oxygens (including phenoxy) is 1. The minimum absolute atomic E-state index is 0. The van der Waals surface area contributed by atoms with Gasteiger partial charge in [0.2, 0.25) is 0 Å². The van der Waals surface area contributed by atoms with Crippen LogP contribution >= 0.6 is 7.82 Å². The van der Waals surface area contributed by atoms with E-state index in [0.717, 1.165) is 34.5 Å². The Morgan fingerprint density at radius 1 is 1.32 bits per heavy atom. The molecule has 1 fully saturated rings. The summed E-state index contributed by atoms with van der Waals surface area (Å²) < 4.78 is 29.5. The van der Waals surface area contributed by atoms with E-state index in [-0.39, 0.29) is 57.8 Å². The summed E-state index contributed by atoms with van der Waals surface area (Å²) in [5.74, 6) is 0. The normalized spacial score (nSPS) is 23.1. The van der Waals surface area contributed by atoms with Crippen LogP contribution in [-0.2, 0) is 18.3 Å². The number of rotatable bonds is 6. The molecule has 1 aliphatic heterocycles. The van der Waals surface area contributed by atoms with E-state index in [1.165, 1.54) is 6.08 Å². The fourth-order valence-corrected chi connectivity index (χ4v) is 4.55. The second kappa shape index (κ2) is 10.4. The first kappa shape index (κ1) is 24.8. The predicted molar refractivity (Wildman–Crippen MR) is 109 cm³/mol. The van der Waals surface area contributed by atoms with E-state index in [1.807, 2.05) is 53.1 Å². The van der Waals surface area contributed by atoms with Crippen LogP contribution in [0.2, 0.25) is 0 Å². The maximum atomic E-state index is 11.9. The van der Waals surface area contributed by atoms with Crippen molar-refractivity contribution in [3.63, 3.8) is 0 Å². The third-order valence-corrected chi connectivity index (χ3v) is 6.21. The van der Waals surface area contributed by atoms with Crippen molar-refractivity contribution < 1.29 is 79.7 Å². The predicted octanol–water partition coefficient (Wildman–Crippen LogP) is 0.115. The Morgan fingerprint density at radius 2 is 2.06 bits per heavy atom. The fraction of sp³-hybridized carbons (Fsp3) is 0.286. The van der Waals surface area contributed by atoms with Crippen LogP contribution in [0.15, 0.2) is 48.5 Å². The average molecular weight is 466 g/mol. The Kier molecular flexibility index (Phi) is 8.30. The van der Waals surface area contributed by atoms with Gasteiger partial charge in [0.05, 0.1) is 29.3 Å². The number of aromatic nitrogens is 1. The molecule has 0 radical (unpaired) electrons. The standard InChI is InChI=1S/C21H20N2O6P.K/c1-27-30(25,26)29-19-12-21(28-20(19)13-24)23-17-7-3-2-6-15(17)16-11-14(5-4-10-22)8-9-18(16)23;/h2-9,11,19-21H,12-13H2,1H3,(H,25,26);/q-1;+1/b5-4+;/t19-,20?,21-;/m1./s1. The number of allylic oxidation sites excluding steroid dienone is 1. The van der Waals surface area contributed by atoms with Crippen molar-refractivity contribution in [2.45, 2.75) is 24.9 Å². The molecule has 10 heteroatoms. The van der Waals surface area contributed by atoms with Crippen molar-refractivity contribution in [2.24, 2.45) is 0 Å². The Bertz CT molecular complexity index is 1200. The molecule has 4 atom stereocenters. The zero-order chi connectivity index (χ0) is 21.3. The summed E-state index contributed by atoms with van der Waals surface area (Å²) in [6, 6.07) is 15.6. The van der Waals surface area contributed by atoms with Gasteiger partial charge in [-0.2, -0.15) is 5.26 Å². The van der Waals surface area contributed by atoms with Crippen molar-refractivity contribution in [1.29, 1.82) is 5.26 Å². The Balaban J connectivity index is 0.00000272. The van der Waals surface area contributed by atoms with E-state index in [9.17, 15) is 14.6 Å². The Labute approximate surface area is 222 Å². The third-order valence-electron chi connectivity index (χ3n) is 5.22. The van der Waals surface area contributed by atoms with Crippen LogP contribution in [0.4, 0.5) is 0 Å². The summed E-state index contributed by atoms with van der Waals surface area (Å²) in [5, 5.41) is 22.4. The average Bonchev–Trinajstić information content (AvgIpc) is 3.29. The Morgan fingerprint density at radius 3 is 2.77 bits per heavy atom. The molecule has 31 heavy (non-hydrogen) atoms. The number of nitriles is 1. The van der Waals surface area contributed by atoms with E-state index < -0.39 is 32.9 Å². The van der Waals surface area contributed by atoms with Gasteiger partial charge in [-0.1, -0.05) is 24.3 Å². The largest absolute Gasteiger partial charge is 1.00 e. The number of fused-ring (bicyclic) bond motifs is 3. The van der Waals surface area contributed by atoms with Gasteiger partial charge in [0.1, 0.15) is 6.23 Å². The Hall–Kier alpha value is -0.864. The molecule has 0 amide bonds. The van der Waals surface area contributed by atoms with Crippen molar-refractivity contribution in [3.05, 3.63) is 54.1 Å². The summed E-state index contributed by atoms with van der Waals surface area (Å²) in [7, 11) is -3.18. The summed E-state index contributed by atoms with van der Waals surface area (Å²) in [5.41, 5.74) is 2.68. The number of phosphoric acid groups is 1. The summed E-state index contributed by atoms with van der Waals surface area (Å²) in [6.45, 7) is -0.606. The van der Waals surface area contributed by atoms with E-state index in [2.05, 4.69) is 4.52 Å². The van der Waals surface area contributed by atoms with Crippen LogP contribution in [0.3, 0.4) is 0 Å². The zero-order valence-corrected chi connectivity index (χ0v) is 21.2. The van der Waals surface area contributed by atoms with Crippen LogP contribution in [0.5, 0.6) is 0 Å². The molecule has 0 bridgehead atoms. The molecule has 0 spiro atoms. The van der Waals surface area contributed by atoms with Gasteiger partial charge < -0.3 is 19.3 Å². The molecule has 2 unspecified atom stereocenters. The zero-order valence-electron chi connectivity index (χ0n) is 17.2. The SMILES string of the molecule is COP(=O)(O)O[C@@H]1C[C@H](n2c3ccccc3c3cc(/C=C/C#N)ccc32)OC1C[O-].[K+]. The molecule has 4 rings (SSSR count). The number of nitrogens with zero attached hydrogens (tertiary/aromatic N) is 2. The monoisotopic (exact) mass is 466 g/mol. The molecule has 8 nitrogen and oxygen atoms in total. The second-order valence-electron chi connectivity index (χ2n) is 6.95. The summed E-state index contributed by atoms with van der Waals surface area (Å²) >= 11 is 0. The molecule has 1 aliphatic rings. The first-order chi connectivity index (χ1) is 14.5. The quantitative estimate of drug-likeness (QED) is 0.311. The first-order valence-electron chi connectivity index (χ1n) is 9.36. The molecule has 2 heterocycles. The number of benzene rings is 2. The molecule has 0 saturated carbocycles. The van der Waals surface area contributed by atoms with Gasteiger partial charge in [-0.15, -0.1) is 6.61 Å². The van der Waals surface area contributed by atoms with Crippen molar-refractivity contribution in [2.75, 3.05) is 13.7 Å². The number of hydrogen-bond acceptors (Lipinski definition) is 6. The van der Waals surface area contributed by atoms with E-state index >= 15 is 0 Å². The molecule has 2 aromatic carbocycles. The smallest absolute Gasteiger partial charge is 0.853 e. The van der Waals surface area contributed by atoms with Gasteiger partial charge in [0.15, 0.2) is 0 Å². The van der Waals surface area contributed by atoms with Crippen LogP contribution in [0, 0.1) is 11.3 Å². The number of phosphoric ester groups is 1. The molecule has 1 N–H and O–H groups in total. The van der Waals surface area contributed by atoms with Gasteiger partial charge >= 0.3 is 59.2 Å². The van der Waals surface area contributed by atoms with E-state index in [0.29, 0.717) is 0 Å². The first-order valence-corrected chi connectivity index (χ1v) is 10.9. The van der Waals surface area contributed by atoms with Gasteiger partial charge in [0, 0.05) is 30.4 Å². The number of para-hydroxylation sites is 1. The summed E-state index contributed by atoms with van der Waals surface area (Å²) in [4.78, 5) is 9.68. The third kappa shape index (κ3) is 5.06.